The van der Waals surface area contributed by atoms with Crippen LogP contribution in [-0.4, -0.2) is 23.4 Å². The van der Waals surface area contributed by atoms with E-state index in [-0.39, 0.29) is 11.9 Å². The van der Waals surface area contributed by atoms with Crippen molar-refractivity contribution < 1.29 is 4.79 Å². The summed E-state index contributed by atoms with van der Waals surface area (Å²) < 4.78 is 0. The molecule has 1 atom stereocenters. The summed E-state index contributed by atoms with van der Waals surface area (Å²) >= 11 is 6.10. The van der Waals surface area contributed by atoms with E-state index in [9.17, 15) is 4.79 Å². The summed E-state index contributed by atoms with van der Waals surface area (Å²) in [5.41, 5.74) is 6.79. The Hall–Kier alpha value is -1.06. The van der Waals surface area contributed by atoms with Gasteiger partial charge in [0.15, 0.2) is 0 Å². The Balaban J connectivity index is 2.67. The molecule has 0 bridgehead atoms. The summed E-state index contributed by atoms with van der Waals surface area (Å²) in [7, 11) is 0. The number of nitrogens with two attached hydrogens (primary N) is 1. The number of hydrogen-bond donors (Lipinski definition) is 1. The summed E-state index contributed by atoms with van der Waals surface area (Å²) in [6, 6.07) is 7.54. The first-order valence-electron chi connectivity index (χ1n) is 6.35. The molecule has 0 spiro atoms. The lowest BCUT2D eigenvalue weighted by atomic mass is 10.1. The van der Waals surface area contributed by atoms with E-state index >= 15 is 0 Å². The van der Waals surface area contributed by atoms with Gasteiger partial charge in [0.05, 0.1) is 0 Å². The van der Waals surface area contributed by atoms with E-state index in [1.54, 1.807) is 4.90 Å². The lowest BCUT2D eigenvalue weighted by molar-refractivity contribution is -0.132. The topological polar surface area (TPSA) is 46.3 Å². The molecular weight excluding hydrogens is 248 g/mol. The summed E-state index contributed by atoms with van der Waals surface area (Å²) in [6.07, 6.45) is 1.21. The van der Waals surface area contributed by atoms with Crippen molar-refractivity contribution in [2.45, 2.75) is 39.3 Å². The molecule has 0 radical (unpaired) electrons. The normalized spacial score (nSPS) is 12.2. The average Bonchev–Trinajstić information content (AvgIpc) is 2.37. The highest BCUT2D eigenvalue weighted by Crippen LogP contribution is 2.17. The van der Waals surface area contributed by atoms with E-state index in [4.69, 9.17) is 17.3 Å². The van der Waals surface area contributed by atoms with Crippen LogP contribution in [0.2, 0.25) is 5.02 Å². The molecule has 100 valence electrons. The number of benzene rings is 1. The van der Waals surface area contributed by atoms with Crippen LogP contribution in [-0.2, 0) is 11.3 Å². The molecule has 0 aliphatic heterocycles. The third kappa shape index (κ3) is 4.31. The zero-order valence-electron chi connectivity index (χ0n) is 11.0. The number of carbonyl (C=O) groups is 1. The SMILES string of the molecule is CCC(N)CC(=O)N(CC)Cc1ccccc1Cl. The quantitative estimate of drug-likeness (QED) is 0.862. The Morgan fingerprint density at radius 2 is 2.06 bits per heavy atom. The molecular formula is C14H21ClN2O. The van der Waals surface area contributed by atoms with Gasteiger partial charge in [0.2, 0.25) is 5.91 Å². The summed E-state index contributed by atoms with van der Waals surface area (Å²) in [5, 5.41) is 0.698. The number of halogens is 1. The van der Waals surface area contributed by atoms with Crippen molar-refractivity contribution in [1.29, 1.82) is 0 Å². The molecule has 1 aromatic carbocycles. The number of rotatable bonds is 6. The van der Waals surface area contributed by atoms with Gasteiger partial charge in [0.1, 0.15) is 0 Å². The van der Waals surface area contributed by atoms with Crippen LogP contribution in [0.4, 0.5) is 0 Å². The lowest BCUT2D eigenvalue weighted by Gasteiger charge is -2.23. The number of hydrogen-bond acceptors (Lipinski definition) is 2. The second-order valence-electron chi connectivity index (χ2n) is 4.37. The first-order valence-corrected chi connectivity index (χ1v) is 6.73. The molecule has 0 aliphatic carbocycles. The van der Waals surface area contributed by atoms with Crippen molar-refractivity contribution in [3.63, 3.8) is 0 Å². The van der Waals surface area contributed by atoms with Crippen LogP contribution >= 0.6 is 11.6 Å². The minimum Gasteiger partial charge on any atom is -0.339 e. The second-order valence-corrected chi connectivity index (χ2v) is 4.78. The van der Waals surface area contributed by atoms with Crippen molar-refractivity contribution in [3.8, 4) is 0 Å². The van der Waals surface area contributed by atoms with E-state index in [1.165, 1.54) is 0 Å². The van der Waals surface area contributed by atoms with E-state index in [0.717, 1.165) is 12.0 Å². The van der Waals surface area contributed by atoms with Crippen LogP contribution in [0.15, 0.2) is 24.3 Å². The molecule has 0 saturated carbocycles. The zero-order valence-corrected chi connectivity index (χ0v) is 11.8. The maximum Gasteiger partial charge on any atom is 0.224 e. The lowest BCUT2D eigenvalue weighted by Crippen LogP contribution is -2.35. The van der Waals surface area contributed by atoms with E-state index in [0.29, 0.717) is 24.5 Å². The fraction of sp³-hybridized carbons (Fsp3) is 0.500. The first-order chi connectivity index (χ1) is 8.58. The summed E-state index contributed by atoms with van der Waals surface area (Å²) in [6.45, 7) is 5.17. The minimum atomic E-state index is -0.0576. The molecule has 1 rings (SSSR count). The van der Waals surface area contributed by atoms with Gasteiger partial charge in [-0.1, -0.05) is 36.7 Å². The van der Waals surface area contributed by atoms with Crippen molar-refractivity contribution in [3.05, 3.63) is 34.9 Å². The van der Waals surface area contributed by atoms with Crippen LogP contribution < -0.4 is 5.73 Å². The van der Waals surface area contributed by atoms with Gasteiger partial charge in [-0.05, 0) is 25.0 Å². The summed E-state index contributed by atoms with van der Waals surface area (Å²) in [5.74, 6) is 0.0896. The van der Waals surface area contributed by atoms with Crippen molar-refractivity contribution >= 4 is 17.5 Å². The van der Waals surface area contributed by atoms with Gasteiger partial charge in [-0.25, -0.2) is 0 Å². The Kier molecular flexibility index (Phi) is 6.16. The van der Waals surface area contributed by atoms with E-state index in [1.807, 2.05) is 38.1 Å². The highest BCUT2D eigenvalue weighted by Gasteiger charge is 2.15. The molecule has 18 heavy (non-hydrogen) atoms. The van der Waals surface area contributed by atoms with Crippen molar-refractivity contribution in [2.24, 2.45) is 5.73 Å². The average molecular weight is 269 g/mol. The first kappa shape index (κ1) is 15.0. The molecule has 1 amide bonds. The molecule has 0 aliphatic rings. The Bertz CT molecular complexity index is 395. The van der Waals surface area contributed by atoms with Crippen LogP contribution in [0.1, 0.15) is 32.3 Å². The fourth-order valence-electron chi connectivity index (χ4n) is 1.71. The van der Waals surface area contributed by atoms with Gasteiger partial charge in [0, 0.05) is 30.6 Å². The van der Waals surface area contributed by atoms with Gasteiger partial charge in [-0.2, -0.15) is 0 Å². The van der Waals surface area contributed by atoms with Gasteiger partial charge in [-0.3, -0.25) is 4.79 Å². The molecule has 0 fully saturated rings. The maximum absolute atomic E-state index is 12.1. The second kappa shape index (κ2) is 7.39. The van der Waals surface area contributed by atoms with Crippen molar-refractivity contribution in [1.82, 2.24) is 4.90 Å². The highest BCUT2D eigenvalue weighted by molar-refractivity contribution is 6.31. The Morgan fingerprint density at radius 3 is 2.61 bits per heavy atom. The van der Waals surface area contributed by atoms with E-state index < -0.39 is 0 Å². The van der Waals surface area contributed by atoms with E-state index in [2.05, 4.69) is 0 Å². The fourth-order valence-corrected chi connectivity index (χ4v) is 1.90. The third-order valence-corrected chi connectivity index (χ3v) is 3.38. The minimum absolute atomic E-state index is 0.0576. The number of nitrogens with zero attached hydrogens (tertiary/aromatic N) is 1. The van der Waals surface area contributed by atoms with Crippen molar-refractivity contribution in [2.75, 3.05) is 6.54 Å². The van der Waals surface area contributed by atoms with Crippen LogP contribution in [0.3, 0.4) is 0 Å². The van der Waals surface area contributed by atoms with Gasteiger partial charge < -0.3 is 10.6 Å². The molecule has 1 aromatic rings. The van der Waals surface area contributed by atoms with Crippen LogP contribution in [0.25, 0.3) is 0 Å². The zero-order chi connectivity index (χ0) is 13.5. The molecule has 1 unspecified atom stereocenters. The monoisotopic (exact) mass is 268 g/mol. The third-order valence-electron chi connectivity index (χ3n) is 3.01. The van der Waals surface area contributed by atoms with Crippen LogP contribution in [0.5, 0.6) is 0 Å². The smallest absolute Gasteiger partial charge is 0.224 e. The van der Waals surface area contributed by atoms with Gasteiger partial charge in [0.25, 0.3) is 0 Å². The van der Waals surface area contributed by atoms with Crippen LogP contribution in [0, 0.1) is 0 Å². The Morgan fingerprint density at radius 1 is 1.39 bits per heavy atom. The maximum atomic E-state index is 12.1. The predicted octanol–water partition coefficient (Wildman–Crippen LogP) is 2.82. The number of carbonyl (C=O) groups excluding carboxylic acids is 1. The highest BCUT2D eigenvalue weighted by atomic mass is 35.5. The Labute approximate surface area is 114 Å². The predicted molar refractivity (Wildman–Crippen MR) is 75.4 cm³/mol. The molecule has 2 N–H and O–H groups in total. The number of amides is 1. The summed E-state index contributed by atoms with van der Waals surface area (Å²) in [4.78, 5) is 13.9. The molecule has 0 saturated heterocycles. The molecule has 3 nitrogen and oxygen atoms in total. The van der Waals surface area contributed by atoms with Gasteiger partial charge >= 0.3 is 0 Å². The van der Waals surface area contributed by atoms with Gasteiger partial charge in [-0.15, -0.1) is 0 Å². The molecule has 0 heterocycles. The molecule has 4 heteroatoms. The largest absolute Gasteiger partial charge is 0.339 e. The molecule has 0 aromatic heterocycles. The standard InChI is InChI=1S/C14H21ClN2O/c1-3-12(16)9-14(18)17(4-2)10-11-7-5-6-8-13(11)15/h5-8,12H,3-4,9-10,16H2,1-2H3.